The van der Waals surface area contributed by atoms with Gasteiger partial charge in [0.05, 0.1) is 42.1 Å². The standard InChI is InChI=1S/C29H23ClN4O2S/c1-35-25-11-6-10-20(28(25)36-2)24-17-23(26-12-7-15-37-26)33-34(24)29-31-22-14-13-19(30)16-21(22)27(32-29)18-8-4-3-5-9-18/h3-16,24H,17H2,1-2H3. The van der Waals surface area contributed by atoms with E-state index in [1.165, 1.54) is 0 Å². The molecule has 1 unspecified atom stereocenters. The van der Waals surface area contributed by atoms with E-state index in [4.69, 9.17) is 36.1 Å². The summed E-state index contributed by atoms with van der Waals surface area (Å²) in [5, 5.41) is 10.6. The summed E-state index contributed by atoms with van der Waals surface area (Å²) in [5.74, 6) is 1.86. The number of rotatable bonds is 6. The van der Waals surface area contributed by atoms with Crippen LogP contribution < -0.4 is 14.5 Å². The fourth-order valence-corrected chi connectivity index (χ4v) is 5.60. The molecule has 184 valence electrons. The van der Waals surface area contributed by atoms with Gasteiger partial charge in [-0.15, -0.1) is 11.3 Å². The minimum absolute atomic E-state index is 0.185. The molecule has 0 bridgehead atoms. The van der Waals surface area contributed by atoms with Crippen molar-refractivity contribution in [2.45, 2.75) is 12.5 Å². The lowest BCUT2D eigenvalue weighted by molar-refractivity contribution is 0.349. The number of thiophene rings is 1. The van der Waals surface area contributed by atoms with Gasteiger partial charge in [-0.3, -0.25) is 0 Å². The largest absolute Gasteiger partial charge is 0.493 e. The number of para-hydroxylation sites is 1. The molecular weight excluding hydrogens is 504 g/mol. The first-order chi connectivity index (χ1) is 18.2. The lowest BCUT2D eigenvalue weighted by atomic mass is 9.99. The van der Waals surface area contributed by atoms with Crippen LogP contribution in [0.5, 0.6) is 11.5 Å². The van der Waals surface area contributed by atoms with E-state index in [-0.39, 0.29) is 6.04 Å². The fraction of sp³-hybridized carbons (Fsp3) is 0.138. The Morgan fingerprint density at radius 1 is 0.919 bits per heavy atom. The van der Waals surface area contributed by atoms with Gasteiger partial charge in [0.1, 0.15) is 0 Å². The fourth-order valence-electron chi connectivity index (χ4n) is 4.71. The van der Waals surface area contributed by atoms with Gasteiger partial charge in [0.25, 0.3) is 0 Å². The van der Waals surface area contributed by atoms with Gasteiger partial charge in [0.15, 0.2) is 11.5 Å². The molecule has 37 heavy (non-hydrogen) atoms. The Hall–Kier alpha value is -3.94. The van der Waals surface area contributed by atoms with E-state index in [1.807, 2.05) is 77.8 Å². The quantitative estimate of drug-likeness (QED) is 0.231. The van der Waals surface area contributed by atoms with Crippen LogP contribution in [0.25, 0.3) is 22.2 Å². The van der Waals surface area contributed by atoms with Crippen molar-refractivity contribution >= 4 is 45.5 Å². The first-order valence-electron chi connectivity index (χ1n) is 11.8. The third kappa shape index (κ3) is 4.30. The number of methoxy groups -OCH3 is 2. The first-order valence-corrected chi connectivity index (χ1v) is 13.1. The number of fused-ring (bicyclic) bond motifs is 1. The molecule has 1 atom stereocenters. The van der Waals surface area contributed by atoms with Gasteiger partial charge >= 0.3 is 0 Å². The van der Waals surface area contributed by atoms with Crippen LogP contribution in [0.1, 0.15) is 22.9 Å². The second kappa shape index (κ2) is 9.84. The number of nitrogens with zero attached hydrogens (tertiary/aromatic N) is 4. The summed E-state index contributed by atoms with van der Waals surface area (Å²) in [6.45, 7) is 0. The molecule has 8 heteroatoms. The molecule has 5 aromatic rings. The van der Waals surface area contributed by atoms with Gasteiger partial charge in [-0.05, 0) is 35.7 Å². The number of hydrazone groups is 1. The third-order valence-corrected chi connectivity index (χ3v) is 7.56. The van der Waals surface area contributed by atoms with Crippen molar-refractivity contribution in [3.05, 3.63) is 99.7 Å². The summed E-state index contributed by atoms with van der Waals surface area (Å²) in [5.41, 5.74) is 4.52. The van der Waals surface area contributed by atoms with Gasteiger partial charge < -0.3 is 9.47 Å². The minimum atomic E-state index is -0.185. The number of anilines is 1. The lowest BCUT2D eigenvalue weighted by Crippen LogP contribution is -2.22. The Morgan fingerprint density at radius 3 is 2.54 bits per heavy atom. The predicted octanol–water partition coefficient (Wildman–Crippen LogP) is 7.38. The summed E-state index contributed by atoms with van der Waals surface area (Å²) < 4.78 is 11.4. The van der Waals surface area contributed by atoms with Gasteiger partial charge in [0.2, 0.25) is 5.95 Å². The number of halogens is 1. The van der Waals surface area contributed by atoms with E-state index in [0.29, 0.717) is 28.9 Å². The molecule has 6 nitrogen and oxygen atoms in total. The number of hydrogen-bond donors (Lipinski definition) is 0. The Bertz CT molecular complexity index is 1610. The minimum Gasteiger partial charge on any atom is -0.493 e. The van der Waals surface area contributed by atoms with E-state index in [9.17, 15) is 0 Å². The van der Waals surface area contributed by atoms with E-state index >= 15 is 0 Å². The maximum absolute atomic E-state index is 6.37. The summed E-state index contributed by atoms with van der Waals surface area (Å²) in [4.78, 5) is 11.1. The average Bonchev–Trinajstić information content (AvgIpc) is 3.63. The molecule has 1 aliphatic rings. The van der Waals surface area contributed by atoms with Crippen molar-refractivity contribution in [1.82, 2.24) is 9.97 Å². The number of hydrogen-bond acceptors (Lipinski definition) is 7. The van der Waals surface area contributed by atoms with E-state index in [0.717, 1.165) is 38.3 Å². The molecule has 6 rings (SSSR count). The van der Waals surface area contributed by atoms with Crippen molar-refractivity contribution in [2.75, 3.05) is 19.2 Å². The van der Waals surface area contributed by atoms with Crippen molar-refractivity contribution < 1.29 is 9.47 Å². The van der Waals surface area contributed by atoms with E-state index in [1.54, 1.807) is 25.6 Å². The van der Waals surface area contributed by atoms with E-state index in [2.05, 4.69) is 11.4 Å². The Morgan fingerprint density at radius 2 is 1.78 bits per heavy atom. The predicted molar refractivity (Wildman–Crippen MR) is 150 cm³/mol. The highest BCUT2D eigenvalue weighted by Gasteiger charge is 2.35. The smallest absolute Gasteiger partial charge is 0.247 e. The molecule has 0 spiro atoms. The van der Waals surface area contributed by atoms with Crippen LogP contribution in [0.2, 0.25) is 5.02 Å². The SMILES string of the molecule is COc1cccc(C2CC(c3cccs3)=NN2c2nc(-c3ccccc3)c3cc(Cl)ccc3n2)c1OC. The van der Waals surface area contributed by atoms with Gasteiger partial charge in [0, 0.05) is 28.0 Å². The summed E-state index contributed by atoms with van der Waals surface area (Å²) in [7, 11) is 3.30. The molecule has 0 N–H and O–H groups in total. The molecule has 0 saturated carbocycles. The Kier molecular flexibility index (Phi) is 6.24. The van der Waals surface area contributed by atoms with Gasteiger partial charge in [-0.1, -0.05) is 60.1 Å². The number of benzene rings is 3. The van der Waals surface area contributed by atoms with Crippen LogP contribution in [0.4, 0.5) is 5.95 Å². The van der Waals surface area contributed by atoms with Gasteiger partial charge in [-0.2, -0.15) is 5.10 Å². The van der Waals surface area contributed by atoms with Gasteiger partial charge in [-0.25, -0.2) is 15.0 Å². The zero-order valence-electron chi connectivity index (χ0n) is 20.3. The molecule has 1 aliphatic heterocycles. The molecule has 0 saturated heterocycles. The van der Waals surface area contributed by atoms with Crippen molar-refractivity contribution in [3.63, 3.8) is 0 Å². The molecule has 3 heterocycles. The van der Waals surface area contributed by atoms with Crippen molar-refractivity contribution in [1.29, 1.82) is 0 Å². The van der Waals surface area contributed by atoms with Crippen LogP contribution in [-0.4, -0.2) is 29.9 Å². The highest BCUT2D eigenvalue weighted by molar-refractivity contribution is 7.12. The third-order valence-electron chi connectivity index (χ3n) is 6.41. The zero-order chi connectivity index (χ0) is 25.4. The normalized spacial score (nSPS) is 15.2. The molecule has 3 aromatic carbocycles. The summed E-state index contributed by atoms with van der Waals surface area (Å²) in [6.07, 6.45) is 0.673. The lowest BCUT2D eigenvalue weighted by Gasteiger charge is -2.25. The maximum Gasteiger partial charge on any atom is 0.247 e. The van der Waals surface area contributed by atoms with Crippen LogP contribution in [-0.2, 0) is 0 Å². The summed E-state index contributed by atoms with van der Waals surface area (Å²) in [6, 6.07) is 25.6. The van der Waals surface area contributed by atoms with Crippen LogP contribution >= 0.6 is 22.9 Å². The molecule has 0 aliphatic carbocycles. The summed E-state index contributed by atoms with van der Waals surface area (Å²) >= 11 is 8.04. The molecule has 0 radical (unpaired) electrons. The Balaban J connectivity index is 1.56. The van der Waals surface area contributed by atoms with Crippen LogP contribution in [0.3, 0.4) is 0 Å². The highest BCUT2D eigenvalue weighted by Crippen LogP contribution is 2.44. The molecular formula is C29H23ClN4O2S. The topological polar surface area (TPSA) is 59.8 Å². The molecule has 0 fully saturated rings. The second-order valence-electron chi connectivity index (χ2n) is 8.57. The first kappa shape index (κ1) is 23.5. The Labute approximate surface area is 223 Å². The van der Waals surface area contributed by atoms with Crippen LogP contribution in [0.15, 0.2) is 89.3 Å². The average molecular weight is 527 g/mol. The number of aromatic nitrogens is 2. The monoisotopic (exact) mass is 526 g/mol. The number of ether oxygens (including phenoxy) is 2. The zero-order valence-corrected chi connectivity index (χ0v) is 21.8. The van der Waals surface area contributed by atoms with Crippen molar-refractivity contribution in [2.24, 2.45) is 5.10 Å². The van der Waals surface area contributed by atoms with Crippen LogP contribution in [0, 0.1) is 0 Å². The van der Waals surface area contributed by atoms with E-state index < -0.39 is 0 Å². The van der Waals surface area contributed by atoms with Crippen molar-refractivity contribution in [3.8, 4) is 22.8 Å². The molecule has 2 aromatic heterocycles. The maximum atomic E-state index is 6.37. The second-order valence-corrected chi connectivity index (χ2v) is 9.96. The molecule has 0 amide bonds. The highest BCUT2D eigenvalue weighted by atomic mass is 35.5.